The molecule has 0 saturated heterocycles. The van der Waals surface area contributed by atoms with Gasteiger partial charge in [0.05, 0.1) is 0 Å². The van der Waals surface area contributed by atoms with E-state index in [1.165, 1.54) is 0 Å². The SMILES string of the molecule is Cc1cccc(OCC(=O)N(Cc2cccc(Cl)c2)[C@H](Cc2ccccc2)C(=O)NC(C)(C)C)c1C. The minimum atomic E-state index is -0.736. The van der Waals surface area contributed by atoms with Crippen LogP contribution in [0.1, 0.15) is 43.0 Å². The van der Waals surface area contributed by atoms with Gasteiger partial charge >= 0.3 is 0 Å². The van der Waals surface area contributed by atoms with Crippen LogP contribution >= 0.6 is 11.6 Å². The van der Waals surface area contributed by atoms with E-state index < -0.39 is 11.6 Å². The van der Waals surface area contributed by atoms with Gasteiger partial charge in [0.2, 0.25) is 5.91 Å². The van der Waals surface area contributed by atoms with Crippen molar-refractivity contribution in [1.29, 1.82) is 0 Å². The van der Waals surface area contributed by atoms with Crippen molar-refractivity contribution in [3.63, 3.8) is 0 Å². The number of ether oxygens (including phenoxy) is 1. The number of aryl methyl sites for hydroxylation is 1. The highest BCUT2D eigenvalue weighted by molar-refractivity contribution is 6.30. The van der Waals surface area contributed by atoms with Crippen molar-refractivity contribution in [2.75, 3.05) is 6.61 Å². The molecule has 0 aromatic heterocycles. The average molecular weight is 507 g/mol. The standard InChI is InChI=1S/C30H35ClN2O3/c1-21-11-9-16-27(22(21)2)36-20-28(34)33(19-24-14-10-15-25(31)17-24)26(29(35)32-30(3,4)5)18-23-12-7-6-8-13-23/h6-17,26H,18-20H2,1-5H3,(H,32,35)/t26-/m1/s1. The molecule has 0 fully saturated rings. The van der Waals surface area contributed by atoms with Gasteiger partial charge < -0.3 is 15.0 Å². The molecule has 0 heterocycles. The first-order valence-electron chi connectivity index (χ1n) is 12.1. The predicted molar refractivity (Wildman–Crippen MR) is 145 cm³/mol. The Bertz CT molecular complexity index is 1190. The number of nitrogens with zero attached hydrogens (tertiary/aromatic N) is 1. The maximum atomic E-state index is 13.7. The second-order valence-electron chi connectivity index (χ2n) is 10.1. The Morgan fingerprint density at radius 2 is 1.61 bits per heavy atom. The van der Waals surface area contributed by atoms with E-state index >= 15 is 0 Å². The fourth-order valence-electron chi connectivity index (χ4n) is 3.94. The number of carbonyl (C=O) groups excluding carboxylic acids is 2. The first-order valence-corrected chi connectivity index (χ1v) is 12.5. The lowest BCUT2D eigenvalue weighted by molar-refractivity contribution is -0.143. The molecular weight excluding hydrogens is 472 g/mol. The lowest BCUT2D eigenvalue weighted by atomic mass is 10.0. The molecule has 3 aromatic carbocycles. The zero-order valence-electron chi connectivity index (χ0n) is 21.7. The molecule has 2 amide bonds. The van der Waals surface area contributed by atoms with Gasteiger partial charge in [-0.05, 0) is 75.1 Å². The highest BCUT2D eigenvalue weighted by atomic mass is 35.5. The summed E-state index contributed by atoms with van der Waals surface area (Å²) in [6.45, 7) is 9.80. The van der Waals surface area contributed by atoms with Crippen molar-refractivity contribution in [3.8, 4) is 5.75 Å². The van der Waals surface area contributed by atoms with Gasteiger partial charge in [0.25, 0.3) is 5.91 Å². The van der Waals surface area contributed by atoms with Crippen molar-refractivity contribution >= 4 is 23.4 Å². The molecule has 3 rings (SSSR count). The van der Waals surface area contributed by atoms with Crippen LogP contribution in [-0.2, 0) is 22.6 Å². The van der Waals surface area contributed by atoms with Crippen LogP contribution in [0.2, 0.25) is 5.02 Å². The van der Waals surface area contributed by atoms with E-state index in [1.807, 2.05) is 101 Å². The summed E-state index contributed by atoms with van der Waals surface area (Å²) < 4.78 is 5.95. The minimum Gasteiger partial charge on any atom is -0.483 e. The molecule has 3 aromatic rings. The van der Waals surface area contributed by atoms with Gasteiger partial charge in [-0.3, -0.25) is 9.59 Å². The zero-order valence-corrected chi connectivity index (χ0v) is 22.4. The van der Waals surface area contributed by atoms with Gasteiger partial charge in [-0.1, -0.05) is 66.2 Å². The molecule has 190 valence electrons. The molecule has 0 bridgehead atoms. The molecule has 0 aliphatic carbocycles. The number of hydrogen-bond acceptors (Lipinski definition) is 3. The van der Waals surface area contributed by atoms with Crippen molar-refractivity contribution in [1.82, 2.24) is 10.2 Å². The van der Waals surface area contributed by atoms with E-state index in [4.69, 9.17) is 16.3 Å². The second-order valence-corrected chi connectivity index (χ2v) is 10.5. The summed E-state index contributed by atoms with van der Waals surface area (Å²) in [7, 11) is 0. The summed E-state index contributed by atoms with van der Waals surface area (Å²) in [6, 6.07) is 22.1. The highest BCUT2D eigenvalue weighted by Crippen LogP contribution is 2.22. The molecule has 0 aliphatic heterocycles. The van der Waals surface area contributed by atoms with Crippen LogP contribution < -0.4 is 10.1 Å². The molecule has 0 spiro atoms. The maximum Gasteiger partial charge on any atom is 0.261 e. The van der Waals surface area contributed by atoms with Crippen LogP contribution in [0, 0.1) is 13.8 Å². The highest BCUT2D eigenvalue weighted by Gasteiger charge is 2.32. The van der Waals surface area contributed by atoms with Crippen LogP contribution in [0.25, 0.3) is 0 Å². The van der Waals surface area contributed by atoms with Gasteiger partial charge in [0, 0.05) is 23.5 Å². The van der Waals surface area contributed by atoms with Gasteiger partial charge in [0.1, 0.15) is 11.8 Å². The van der Waals surface area contributed by atoms with Crippen molar-refractivity contribution in [3.05, 3.63) is 100 Å². The fourth-order valence-corrected chi connectivity index (χ4v) is 4.15. The fraction of sp³-hybridized carbons (Fsp3) is 0.333. The average Bonchev–Trinajstić information content (AvgIpc) is 2.81. The molecular formula is C30H35ClN2O3. The third kappa shape index (κ3) is 7.85. The van der Waals surface area contributed by atoms with Gasteiger partial charge in [-0.2, -0.15) is 0 Å². The Labute approximate surface area is 219 Å². The number of carbonyl (C=O) groups is 2. The Morgan fingerprint density at radius 3 is 2.28 bits per heavy atom. The number of rotatable bonds is 9. The number of nitrogens with one attached hydrogen (secondary N) is 1. The van der Waals surface area contributed by atoms with Crippen molar-refractivity contribution < 1.29 is 14.3 Å². The first-order chi connectivity index (χ1) is 17.0. The van der Waals surface area contributed by atoms with E-state index in [2.05, 4.69) is 5.32 Å². The van der Waals surface area contributed by atoms with Crippen LogP contribution in [0.15, 0.2) is 72.8 Å². The molecule has 6 heteroatoms. The Balaban J connectivity index is 1.95. The molecule has 0 radical (unpaired) electrons. The third-order valence-corrected chi connectivity index (χ3v) is 6.15. The predicted octanol–water partition coefficient (Wildman–Crippen LogP) is 5.89. The van der Waals surface area contributed by atoms with Crippen molar-refractivity contribution in [2.45, 2.75) is 59.2 Å². The lowest BCUT2D eigenvalue weighted by Crippen LogP contribution is -2.55. The molecule has 0 saturated carbocycles. The van der Waals surface area contributed by atoms with Crippen LogP contribution in [0.3, 0.4) is 0 Å². The van der Waals surface area contributed by atoms with E-state index in [-0.39, 0.29) is 25.0 Å². The lowest BCUT2D eigenvalue weighted by Gasteiger charge is -2.34. The maximum absolute atomic E-state index is 13.7. The molecule has 1 N–H and O–H groups in total. The largest absolute Gasteiger partial charge is 0.483 e. The van der Waals surface area contributed by atoms with Gasteiger partial charge in [-0.25, -0.2) is 0 Å². The smallest absolute Gasteiger partial charge is 0.261 e. The van der Waals surface area contributed by atoms with E-state index in [1.54, 1.807) is 11.0 Å². The Hall–Kier alpha value is -3.31. The molecule has 5 nitrogen and oxygen atoms in total. The van der Waals surface area contributed by atoms with Crippen LogP contribution in [0.5, 0.6) is 5.75 Å². The van der Waals surface area contributed by atoms with Gasteiger partial charge in [0.15, 0.2) is 6.61 Å². The zero-order chi connectivity index (χ0) is 26.3. The quantitative estimate of drug-likeness (QED) is 0.393. The van der Waals surface area contributed by atoms with Crippen molar-refractivity contribution in [2.24, 2.45) is 0 Å². The summed E-state index contributed by atoms with van der Waals surface area (Å²) in [5.74, 6) is 0.166. The molecule has 0 unspecified atom stereocenters. The number of amides is 2. The number of halogens is 1. The number of hydrogen-bond donors (Lipinski definition) is 1. The summed E-state index contributed by atoms with van der Waals surface area (Å²) in [5.41, 5.74) is 3.42. The first kappa shape index (κ1) is 27.3. The van der Waals surface area contributed by atoms with Crippen LogP contribution in [0.4, 0.5) is 0 Å². The topological polar surface area (TPSA) is 58.6 Å². The summed E-state index contributed by atoms with van der Waals surface area (Å²) >= 11 is 6.23. The molecule has 36 heavy (non-hydrogen) atoms. The summed E-state index contributed by atoms with van der Waals surface area (Å²) in [6.07, 6.45) is 0.374. The molecule has 1 atom stereocenters. The second kappa shape index (κ2) is 12.1. The third-order valence-electron chi connectivity index (χ3n) is 5.92. The Morgan fingerprint density at radius 1 is 0.944 bits per heavy atom. The summed E-state index contributed by atoms with van der Waals surface area (Å²) in [4.78, 5) is 28.9. The van der Waals surface area contributed by atoms with E-state index in [0.717, 1.165) is 22.3 Å². The number of benzene rings is 3. The van der Waals surface area contributed by atoms with E-state index in [9.17, 15) is 9.59 Å². The summed E-state index contributed by atoms with van der Waals surface area (Å²) in [5, 5.41) is 3.64. The Kier molecular flexibility index (Phi) is 9.16. The van der Waals surface area contributed by atoms with E-state index in [0.29, 0.717) is 17.2 Å². The minimum absolute atomic E-state index is 0.182. The molecule has 0 aliphatic rings. The monoisotopic (exact) mass is 506 g/mol. The normalized spacial score (nSPS) is 12.1. The van der Waals surface area contributed by atoms with Crippen LogP contribution in [-0.4, -0.2) is 34.9 Å². The van der Waals surface area contributed by atoms with Gasteiger partial charge in [-0.15, -0.1) is 0 Å².